The topological polar surface area (TPSA) is 84.2 Å². The molecule has 5 heteroatoms. The van der Waals surface area contributed by atoms with E-state index >= 15 is 0 Å². The zero-order valence-electron chi connectivity index (χ0n) is 9.62. The predicted octanol–water partition coefficient (Wildman–Crippen LogP) is 0.794. The highest BCUT2D eigenvalue weighted by atomic mass is 16.2. The lowest BCUT2D eigenvalue weighted by Crippen LogP contribution is -2.47. The first-order chi connectivity index (χ1) is 8.04. The van der Waals surface area contributed by atoms with Gasteiger partial charge in [0.1, 0.15) is 6.04 Å². The zero-order chi connectivity index (χ0) is 12.4. The van der Waals surface area contributed by atoms with Crippen molar-refractivity contribution in [2.75, 3.05) is 11.1 Å². The average Bonchev–Trinajstić information content (AvgIpc) is 2.21. The molecule has 17 heavy (non-hydrogen) atoms. The van der Waals surface area contributed by atoms with Gasteiger partial charge in [-0.05, 0) is 37.1 Å². The first-order valence-corrected chi connectivity index (χ1v) is 5.52. The molecule has 2 rings (SSSR count). The van der Waals surface area contributed by atoms with Crippen LogP contribution in [0.1, 0.15) is 18.4 Å². The molecule has 1 unspecified atom stereocenters. The number of amides is 2. The van der Waals surface area contributed by atoms with Crippen LogP contribution in [-0.2, 0) is 9.59 Å². The molecular formula is C12H15N3O2. The Morgan fingerprint density at radius 1 is 1.35 bits per heavy atom. The molecule has 0 aromatic heterocycles. The van der Waals surface area contributed by atoms with Gasteiger partial charge in [-0.3, -0.25) is 14.9 Å². The first-order valence-electron chi connectivity index (χ1n) is 5.52. The number of carbonyl (C=O) groups excluding carboxylic acids is 2. The lowest BCUT2D eigenvalue weighted by molar-refractivity contribution is -0.133. The third-order valence-electron chi connectivity index (χ3n) is 2.68. The highest BCUT2D eigenvalue weighted by Crippen LogP contribution is 2.18. The summed E-state index contributed by atoms with van der Waals surface area (Å²) in [5.41, 5.74) is 8.21. The summed E-state index contributed by atoms with van der Waals surface area (Å²) in [6.07, 6.45) is 0.878. The predicted molar refractivity (Wildman–Crippen MR) is 65.4 cm³/mol. The minimum atomic E-state index is -0.367. The van der Waals surface area contributed by atoms with Crippen LogP contribution < -0.4 is 16.4 Å². The van der Waals surface area contributed by atoms with E-state index in [1.165, 1.54) is 0 Å². The fourth-order valence-corrected chi connectivity index (χ4v) is 1.93. The highest BCUT2D eigenvalue weighted by Gasteiger charge is 2.26. The number of benzene rings is 1. The van der Waals surface area contributed by atoms with E-state index in [1.807, 2.05) is 19.1 Å². The second-order valence-electron chi connectivity index (χ2n) is 4.28. The standard InChI is InChI=1S/C12H15N3O2/c1-7-4-8(13)6-9(5-7)14-10-2-3-11(16)15-12(10)17/h4-6,10,14H,2-3,13H2,1H3,(H,15,16,17). The Hall–Kier alpha value is -2.04. The smallest absolute Gasteiger partial charge is 0.249 e. The number of aryl methyl sites for hydroxylation is 1. The lowest BCUT2D eigenvalue weighted by atomic mass is 10.1. The summed E-state index contributed by atoms with van der Waals surface area (Å²) in [5.74, 6) is -0.488. The molecule has 1 aliphatic heterocycles. The van der Waals surface area contributed by atoms with Crippen LogP contribution in [0, 0.1) is 6.92 Å². The quantitative estimate of drug-likeness (QED) is 0.521. The molecule has 5 nitrogen and oxygen atoms in total. The molecule has 1 atom stereocenters. The fourth-order valence-electron chi connectivity index (χ4n) is 1.93. The number of hydrogen-bond acceptors (Lipinski definition) is 4. The van der Waals surface area contributed by atoms with E-state index < -0.39 is 0 Å². The van der Waals surface area contributed by atoms with E-state index in [-0.39, 0.29) is 17.9 Å². The molecule has 0 bridgehead atoms. The van der Waals surface area contributed by atoms with Crippen molar-refractivity contribution in [3.63, 3.8) is 0 Å². The van der Waals surface area contributed by atoms with E-state index in [0.717, 1.165) is 11.3 Å². The van der Waals surface area contributed by atoms with Crippen molar-refractivity contribution in [3.8, 4) is 0 Å². The molecule has 1 saturated heterocycles. The fraction of sp³-hybridized carbons (Fsp3) is 0.333. The zero-order valence-corrected chi connectivity index (χ0v) is 9.62. The summed E-state index contributed by atoms with van der Waals surface area (Å²) in [7, 11) is 0. The number of nitrogen functional groups attached to an aromatic ring is 1. The van der Waals surface area contributed by atoms with Crippen molar-refractivity contribution in [2.24, 2.45) is 0 Å². The summed E-state index contributed by atoms with van der Waals surface area (Å²) in [4.78, 5) is 22.6. The number of piperidine rings is 1. The van der Waals surface area contributed by atoms with Gasteiger partial charge in [-0.15, -0.1) is 0 Å². The Morgan fingerprint density at radius 2 is 2.12 bits per heavy atom. The maximum Gasteiger partial charge on any atom is 0.249 e. The van der Waals surface area contributed by atoms with E-state index in [4.69, 9.17) is 5.73 Å². The van der Waals surface area contributed by atoms with Gasteiger partial charge in [-0.25, -0.2) is 0 Å². The first kappa shape index (κ1) is 11.4. The summed E-state index contributed by atoms with van der Waals surface area (Å²) >= 11 is 0. The normalized spacial score (nSPS) is 19.9. The summed E-state index contributed by atoms with van der Waals surface area (Å²) in [5, 5.41) is 5.40. The van der Waals surface area contributed by atoms with Crippen molar-refractivity contribution < 1.29 is 9.59 Å². The Balaban J connectivity index is 2.10. The van der Waals surface area contributed by atoms with Crippen molar-refractivity contribution in [1.29, 1.82) is 0 Å². The van der Waals surface area contributed by atoms with Gasteiger partial charge in [0.05, 0.1) is 0 Å². The minimum Gasteiger partial charge on any atom is -0.399 e. The van der Waals surface area contributed by atoms with Crippen LogP contribution in [0.25, 0.3) is 0 Å². The van der Waals surface area contributed by atoms with Crippen LogP contribution >= 0.6 is 0 Å². The van der Waals surface area contributed by atoms with Gasteiger partial charge in [0.2, 0.25) is 11.8 Å². The average molecular weight is 233 g/mol. The van der Waals surface area contributed by atoms with E-state index in [9.17, 15) is 9.59 Å². The number of nitrogens with one attached hydrogen (secondary N) is 2. The number of hydrogen-bond donors (Lipinski definition) is 3. The van der Waals surface area contributed by atoms with Crippen LogP contribution in [0.2, 0.25) is 0 Å². The van der Waals surface area contributed by atoms with Gasteiger partial charge in [0.25, 0.3) is 0 Å². The van der Waals surface area contributed by atoms with Crippen LogP contribution in [0.15, 0.2) is 18.2 Å². The van der Waals surface area contributed by atoms with Crippen LogP contribution in [-0.4, -0.2) is 17.9 Å². The van der Waals surface area contributed by atoms with Gasteiger partial charge >= 0.3 is 0 Å². The molecule has 2 amide bonds. The van der Waals surface area contributed by atoms with Crippen molar-refractivity contribution in [1.82, 2.24) is 5.32 Å². The molecule has 1 fully saturated rings. The van der Waals surface area contributed by atoms with Gasteiger partial charge in [-0.2, -0.15) is 0 Å². The molecule has 0 radical (unpaired) electrons. The Morgan fingerprint density at radius 3 is 2.76 bits per heavy atom. The minimum absolute atomic E-state index is 0.211. The molecule has 1 heterocycles. The number of anilines is 2. The maximum atomic E-state index is 11.6. The van der Waals surface area contributed by atoms with E-state index in [0.29, 0.717) is 18.5 Å². The number of nitrogens with two attached hydrogens (primary N) is 1. The molecule has 1 aromatic carbocycles. The molecule has 1 aliphatic rings. The largest absolute Gasteiger partial charge is 0.399 e. The van der Waals surface area contributed by atoms with Crippen molar-refractivity contribution >= 4 is 23.2 Å². The van der Waals surface area contributed by atoms with Gasteiger partial charge in [0, 0.05) is 17.8 Å². The van der Waals surface area contributed by atoms with Crippen molar-refractivity contribution in [2.45, 2.75) is 25.8 Å². The Labute approximate surface area is 99.4 Å². The third kappa shape index (κ3) is 2.75. The number of imide groups is 1. The molecule has 0 spiro atoms. The number of carbonyl (C=O) groups is 2. The monoisotopic (exact) mass is 233 g/mol. The van der Waals surface area contributed by atoms with Gasteiger partial charge < -0.3 is 11.1 Å². The summed E-state index contributed by atoms with van der Waals surface area (Å²) in [6, 6.07) is 5.18. The molecule has 0 aliphatic carbocycles. The highest BCUT2D eigenvalue weighted by molar-refractivity contribution is 6.01. The van der Waals surface area contributed by atoms with Crippen molar-refractivity contribution in [3.05, 3.63) is 23.8 Å². The maximum absolute atomic E-state index is 11.6. The van der Waals surface area contributed by atoms with E-state index in [1.54, 1.807) is 6.07 Å². The lowest BCUT2D eigenvalue weighted by Gasteiger charge is -2.23. The molecular weight excluding hydrogens is 218 g/mol. The van der Waals surface area contributed by atoms with E-state index in [2.05, 4.69) is 10.6 Å². The second-order valence-corrected chi connectivity index (χ2v) is 4.28. The molecule has 4 N–H and O–H groups in total. The Kier molecular flexibility index (Phi) is 2.99. The van der Waals surface area contributed by atoms with Crippen LogP contribution in [0.5, 0.6) is 0 Å². The van der Waals surface area contributed by atoms with Crippen LogP contribution in [0.4, 0.5) is 11.4 Å². The number of rotatable bonds is 2. The molecule has 90 valence electrons. The summed E-state index contributed by atoms with van der Waals surface area (Å²) < 4.78 is 0. The van der Waals surface area contributed by atoms with Gasteiger partial charge in [0.15, 0.2) is 0 Å². The van der Waals surface area contributed by atoms with Gasteiger partial charge in [-0.1, -0.05) is 0 Å². The SMILES string of the molecule is Cc1cc(N)cc(NC2CCC(=O)NC2=O)c1. The molecule has 1 aromatic rings. The Bertz CT molecular complexity index is 451. The second kappa shape index (κ2) is 4.45. The third-order valence-corrected chi connectivity index (χ3v) is 2.68. The van der Waals surface area contributed by atoms with Crippen LogP contribution in [0.3, 0.4) is 0 Å². The molecule has 0 saturated carbocycles. The summed E-state index contributed by atoms with van der Waals surface area (Å²) in [6.45, 7) is 1.94.